The molecule has 0 spiro atoms. The van der Waals surface area contributed by atoms with Gasteiger partial charge in [-0.3, -0.25) is 4.90 Å². The quantitative estimate of drug-likeness (QED) is 0.533. The van der Waals surface area contributed by atoms with Gasteiger partial charge in [0.15, 0.2) is 5.96 Å². The Labute approximate surface area is 97.3 Å². The molecule has 3 rings (SSSR count). The Hall–Kier alpha value is -0.770. The Morgan fingerprint density at radius 2 is 2.00 bits per heavy atom. The normalized spacial score (nSPS) is 36.1. The van der Waals surface area contributed by atoms with Crippen LogP contribution in [0.1, 0.15) is 38.5 Å². The molecule has 1 saturated carbocycles. The Kier molecular flexibility index (Phi) is 2.75. The van der Waals surface area contributed by atoms with Gasteiger partial charge in [-0.15, -0.1) is 0 Å². The second kappa shape index (κ2) is 4.24. The minimum atomic E-state index is 0.451. The van der Waals surface area contributed by atoms with E-state index in [-0.39, 0.29) is 0 Å². The molecule has 0 aromatic carbocycles. The van der Waals surface area contributed by atoms with Gasteiger partial charge in [-0.25, -0.2) is 4.99 Å². The summed E-state index contributed by atoms with van der Waals surface area (Å²) in [6, 6.07) is 1.74. The zero-order valence-electron chi connectivity index (χ0n) is 9.86. The lowest BCUT2D eigenvalue weighted by atomic mass is 9.99. The fraction of sp³-hybridized carbons (Fsp3) is 0.917. The van der Waals surface area contributed by atoms with Gasteiger partial charge in [0.05, 0.1) is 6.04 Å². The van der Waals surface area contributed by atoms with E-state index in [1.165, 1.54) is 51.6 Å². The lowest BCUT2D eigenvalue weighted by Crippen LogP contribution is -2.40. The number of rotatable bonds is 2. The van der Waals surface area contributed by atoms with Crippen molar-refractivity contribution in [3.05, 3.63) is 0 Å². The summed E-state index contributed by atoms with van der Waals surface area (Å²) < 4.78 is 0. The molecule has 3 N–H and O–H groups in total. The van der Waals surface area contributed by atoms with Gasteiger partial charge in [-0.1, -0.05) is 6.42 Å². The van der Waals surface area contributed by atoms with Crippen molar-refractivity contribution in [2.75, 3.05) is 13.1 Å². The third kappa shape index (κ3) is 2.17. The molecule has 3 aliphatic rings. The number of nitrogens with zero attached hydrogens (tertiary/aromatic N) is 2. The lowest BCUT2D eigenvalue weighted by molar-refractivity contribution is 0.190. The van der Waals surface area contributed by atoms with Gasteiger partial charge in [0.2, 0.25) is 0 Å². The molecular formula is C12H22N4. The number of aliphatic imine (C=N–C) groups is 1. The van der Waals surface area contributed by atoms with Crippen molar-refractivity contribution >= 4 is 5.96 Å². The molecule has 1 aliphatic carbocycles. The van der Waals surface area contributed by atoms with Crippen molar-refractivity contribution in [2.45, 2.75) is 56.7 Å². The van der Waals surface area contributed by atoms with Gasteiger partial charge in [-0.05, 0) is 38.6 Å². The van der Waals surface area contributed by atoms with Crippen molar-refractivity contribution in [2.24, 2.45) is 10.7 Å². The third-order valence-electron chi connectivity index (χ3n) is 4.05. The molecule has 0 aromatic rings. The molecule has 2 aliphatic heterocycles. The number of nitrogens with two attached hydrogens (primary N) is 1. The maximum atomic E-state index is 5.94. The average molecular weight is 222 g/mol. The van der Waals surface area contributed by atoms with Crippen LogP contribution < -0.4 is 11.1 Å². The maximum absolute atomic E-state index is 5.94. The van der Waals surface area contributed by atoms with E-state index in [0.29, 0.717) is 24.1 Å². The minimum absolute atomic E-state index is 0.451. The highest BCUT2D eigenvalue weighted by molar-refractivity contribution is 5.78. The van der Waals surface area contributed by atoms with Crippen molar-refractivity contribution in [1.82, 2.24) is 10.2 Å². The van der Waals surface area contributed by atoms with Crippen LogP contribution in [-0.2, 0) is 0 Å². The minimum Gasteiger partial charge on any atom is -0.370 e. The van der Waals surface area contributed by atoms with Crippen LogP contribution >= 0.6 is 0 Å². The fourth-order valence-electron chi connectivity index (χ4n) is 3.02. The first-order valence-electron chi connectivity index (χ1n) is 6.67. The summed E-state index contributed by atoms with van der Waals surface area (Å²) in [7, 11) is 0. The molecule has 90 valence electrons. The SMILES string of the molecule is NC(=NC1CCN2CCCCC12)NC1CC1. The van der Waals surface area contributed by atoms with E-state index in [0.717, 1.165) is 0 Å². The first kappa shape index (κ1) is 10.4. The Balaban J connectivity index is 1.60. The standard InChI is InChI=1S/C12H22N4/c13-12(14-9-4-5-9)15-10-6-8-16-7-2-1-3-11(10)16/h9-11H,1-8H2,(H3,13,14,15). The maximum Gasteiger partial charge on any atom is 0.189 e. The van der Waals surface area contributed by atoms with Gasteiger partial charge < -0.3 is 11.1 Å². The molecule has 2 unspecified atom stereocenters. The average Bonchev–Trinajstić information content (AvgIpc) is 3.00. The Morgan fingerprint density at radius 1 is 1.12 bits per heavy atom. The largest absolute Gasteiger partial charge is 0.370 e. The van der Waals surface area contributed by atoms with Crippen LogP contribution in [0, 0.1) is 0 Å². The van der Waals surface area contributed by atoms with E-state index < -0.39 is 0 Å². The van der Waals surface area contributed by atoms with Gasteiger partial charge in [0.25, 0.3) is 0 Å². The van der Waals surface area contributed by atoms with Crippen molar-refractivity contribution in [3.63, 3.8) is 0 Å². The summed E-state index contributed by atoms with van der Waals surface area (Å²) >= 11 is 0. The predicted octanol–water partition coefficient (Wildman–Crippen LogP) is 0.680. The summed E-state index contributed by atoms with van der Waals surface area (Å²) in [5.41, 5.74) is 5.94. The first-order chi connectivity index (χ1) is 7.83. The Morgan fingerprint density at radius 3 is 2.81 bits per heavy atom. The molecule has 0 aromatic heterocycles. The van der Waals surface area contributed by atoms with Crippen LogP contribution in [0.25, 0.3) is 0 Å². The summed E-state index contributed by atoms with van der Waals surface area (Å²) in [4.78, 5) is 7.28. The van der Waals surface area contributed by atoms with Crippen LogP contribution in [0.5, 0.6) is 0 Å². The summed E-state index contributed by atoms with van der Waals surface area (Å²) in [6.45, 7) is 2.49. The summed E-state index contributed by atoms with van der Waals surface area (Å²) in [5, 5.41) is 3.29. The fourth-order valence-corrected chi connectivity index (χ4v) is 3.02. The van der Waals surface area contributed by atoms with Crippen LogP contribution in [0.4, 0.5) is 0 Å². The van der Waals surface area contributed by atoms with E-state index in [9.17, 15) is 0 Å². The molecule has 0 amide bonds. The molecule has 2 atom stereocenters. The molecule has 3 fully saturated rings. The van der Waals surface area contributed by atoms with Crippen molar-refractivity contribution in [1.29, 1.82) is 0 Å². The summed E-state index contributed by atoms with van der Waals surface area (Å²) in [6.07, 6.45) is 7.75. The monoisotopic (exact) mass is 222 g/mol. The molecule has 4 heteroatoms. The van der Waals surface area contributed by atoms with Gasteiger partial charge in [0, 0.05) is 18.6 Å². The van der Waals surface area contributed by atoms with E-state index >= 15 is 0 Å². The van der Waals surface area contributed by atoms with Crippen LogP contribution in [0.3, 0.4) is 0 Å². The molecule has 0 radical (unpaired) electrons. The zero-order chi connectivity index (χ0) is 11.0. The number of hydrogen-bond acceptors (Lipinski definition) is 2. The van der Waals surface area contributed by atoms with E-state index in [1.807, 2.05) is 0 Å². The van der Waals surface area contributed by atoms with E-state index in [2.05, 4.69) is 15.2 Å². The smallest absolute Gasteiger partial charge is 0.189 e. The highest BCUT2D eigenvalue weighted by Crippen LogP contribution is 2.29. The molecular weight excluding hydrogens is 200 g/mol. The molecule has 4 nitrogen and oxygen atoms in total. The molecule has 2 heterocycles. The molecule has 0 bridgehead atoms. The number of piperidine rings is 1. The highest BCUT2D eigenvalue weighted by Gasteiger charge is 2.35. The van der Waals surface area contributed by atoms with Crippen LogP contribution in [-0.4, -0.2) is 42.1 Å². The van der Waals surface area contributed by atoms with Crippen molar-refractivity contribution < 1.29 is 0 Å². The third-order valence-corrected chi connectivity index (χ3v) is 4.05. The number of hydrogen-bond donors (Lipinski definition) is 2. The lowest BCUT2D eigenvalue weighted by Gasteiger charge is -2.31. The zero-order valence-corrected chi connectivity index (χ0v) is 9.86. The number of guanidine groups is 1. The van der Waals surface area contributed by atoms with Crippen molar-refractivity contribution in [3.8, 4) is 0 Å². The molecule has 16 heavy (non-hydrogen) atoms. The van der Waals surface area contributed by atoms with Crippen LogP contribution in [0.15, 0.2) is 4.99 Å². The number of fused-ring (bicyclic) bond motifs is 1. The predicted molar refractivity (Wildman–Crippen MR) is 65.4 cm³/mol. The second-order valence-corrected chi connectivity index (χ2v) is 5.39. The van der Waals surface area contributed by atoms with Gasteiger partial charge in [-0.2, -0.15) is 0 Å². The van der Waals surface area contributed by atoms with E-state index in [1.54, 1.807) is 0 Å². The topological polar surface area (TPSA) is 53.6 Å². The first-order valence-corrected chi connectivity index (χ1v) is 6.67. The van der Waals surface area contributed by atoms with E-state index in [4.69, 9.17) is 5.73 Å². The second-order valence-electron chi connectivity index (χ2n) is 5.39. The van der Waals surface area contributed by atoms with Gasteiger partial charge >= 0.3 is 0 Å². The van der Waals surface area contributed by atoms with Crippen LogP contribution in [0.2, 0.25) is 0 Å². The summed E-state index contributed by atoms with van der Waals surface area (Å²) in [5.74, 6) is 0.680. The Bertz CT molecular complexity index is 285. The number of nitrogens with one attached hydrogen (secondary N) is 1. The molecule has 2 saturated heterocycles. The van der Waals surface area contributed by atoms with Gasteiger partial charge in [0.1, 0.15) is 0 Å². The highest BCUT2D eigenvalue weighted by atomic mass is 15.2.